The van der Waals surface area contributed by atoms with Crippen molar-refractivity contribution < 1.29 is 14.6 Å². The number of pyridine rings is 1. The predicted molar refractivity (Wildman–Crippen MR) is 230 cm³/mol. The van der Waals surface area contributed by atoms with Crippen molar-refractivity contribution in [1.82, 2.24) is 43.6 Å². The molecule has 58 heavy (non-hydrogen) atoms. The summed E-state index contributed by atoms with van der Waals surface area (Å²) in [6, 6.07) is 14.0. The molecule has 0 atom stereocenters. The van der Waals surface area contributed by atoms with E-state index in [4.69, 9.17) is 25.4 Å². The molecule has 0 aliphatic rings. The first kappa shape index (κ1) is 38.3. The maximum atomic E-state index is 12.2. The van der Waals surface area contributed by atoms with Crippen LogP contribution in [0.5, 0.6) is 5.75 Å². The molecule has 3 N–H and O–H groups in total. The Labute approximate surface area is 336 Å². The molecule has 0 aliphatic carbocycles. The van der Waals surface area contributed by atoms with Crippen LogP contribution in [0.2, 0.25) is 0 Å². The molecule has 13 heteroatoms. The second kappa shape index (κ2) is 15.7. The van der Waals surface area contributed by atoms with Crippen LogP contribution < -0.4 is 10.5 Å². The molecule has 0 bridgehead atoms. The second-order valence-electron chi connectivity index (χ2n) is 14.6. The lowest BCUT2D eigenvalue weighted by atomic mass is 10.0. The van der Waals surface area contributed by atoms with Crippen LogP contribution in [0.1, 0.15) is 60.1 Å². The number of fused-ring (bicyclic) bond motifs is 6. The summed E-state index contributed by atoms with van der Waals surface area (Å²) < 4.78 is 14.6. The molecule has 0 radical (unpaired) electrons. The molecule has 8 rings (SSSR count). The molecule has 0 saturated carbocycles. The highest BCUT2D eigenvalue weighted by Gasteiger charge is 2.21. The monoisotopic (exact) mass is 776 g/mol. The molecular weight excluding hydrogens is 729 g/mol. The molecule has 0 unspecified atom stereocenters. The summed E-state index contributed by atoms with van der Waals surface area (Å²) in [7, 11) is 0. The fourth-order valence-electron chi connectivity index (χ4n) is 8.03. The van der Waals surface area contributed by atoms with E-state index >= 15 is 0 Å². The maximum absolute atomic E-state index is 12.2. The molecule has 2 aromatic carbocycles. The maximum Gasteiger partial charge on any atom is 0.179 e. The Morgan fingerprint density at radius 1 is 0.828 bits per heavy atom. The number of hydrogen-bond acceptors (Lipinski definition) is 9. The minimum atomic E-state index is -0.000865. The molecule has 6 aromatic heterocycles. The first-order valence-electron chi connectivity index (χ1n) is 19.8. The molecule has 0 saturated heterocycles. The summed E-state index contributed by atoms with van der Waals surface area (Å²) in [5.74, 6) is 1.19. The number of ether oxygens (including phenoxy) is 1. The fraction of sp³-hybridized carbons (Fsp3) is 0.289. The lowest BCUT2D eigenvalue weighted by Gasteiger charge is -2.12. The molecule has 0 fully saturated rings. The highest BCUT2D eigenvalue weighted by Crippen LogP contribution is 2.38. The van der Waals surface area contributed by atoms with Crippen molar-refractivity contribution in [1.29, 1.82) is 0 Å². The van der Waals surface area contributed by atoms with E-state index in [1.54, 1.807) is 6.07 Å². The van der Waals surface area contributed by atoms with Gasteiger partial charge >= 0.3 is 0 Å². The third-order valence-corrected chi connectivity index (χ3v) is 10.7. The highest BCUT2D eigenvalue weighted by molar-refractivity contribution is 6.12. The van der Waals surface area contributed by atoms with Crippen molar-refractivity contribution in [2.75, 3.05) is 13.2 Å². The minimum absolute atomic E-state index is 0.000865. The van der Waals surface area contributed by atoms with Gasteiger partial charge < -0.3 is 24.7 Å². The summed E-state index contributed by atoms with van der Waals surface area (Å²) in [6.45, 7) is 17.0. The third kappa shape index (κ3) is 6.70. The highest BCUT2D eigenvalue weighted by atomic mass is 16.5. The number of nitrogens with zero attached hydrogens (tertiary/aromatic N) is 9. The second-order valence-corrected chi connectivity index (χ2v) is 14.6. The summed E-state index contributed by atoms with van der Waals surface area (Å²) in [5, 5.41) is 22.6. The van der Waals surface area contributed by atoms with Crippen LogP contribution in [-0.2, 0) is 32.6 Å². The van der Waals surface area contributed by atoms with E-state index in [9.17, 15) is 9.90 Å². The zero-order chi connectivity index (χ0) is 40.7. The average Bonchev–Trinajstić information content (AvgIpc) is 3.98. The molecule has 0 amide bonds. The summed E-state index contributed by atoms with van der Waals surface area (Å²) in [4.78, 5) is 27.1. The van der Waals surface area contributed by atoms with Crippen LogP contribution in [0, 0.1) is 13.8 Å². The van der Waals surface area contributed by atoms with Gasteiger partial charge in [-0.25, -0.2) is 9.97 Å². The standard InChI is InChI=1S/C45H48N10O3/c1-7-31-21-32(29(6)46)22-34-36-25-48-44(40-18-28(5)51-55(40)9-3)49-45(36)53(42(31)34)14-11-10-13-52-38-23-37(39-17-27(4)50-54(39)8-2)47-24-35(38)33-19-30(26-57)20-41(43(33)52)58-16-12-15-56/h10-11,17-26,56H,6-9,12-16,46H2,1-5H3/b11-10+. The van der Waals surface area contributed by atoms with E-state index in [1.807, 2.05) is 53.8 Å². The van der Waals surface area contributed by atoms with E-state index < -0.39 is 0 Å². The van der Waals surface area contributed by atoms with Gasteiger partial charge in [-0.3, -0.25) is 19.1 Å². The Kier molecular flexibility index (Phi) is 10.4. The smallest absolute Gasteiger partial charge is 0.179 e. The Morgan fingerprint density at radius 3 is 2.21 bits per heavy atom. The molecule has 8 aromatic rings. The molecule has 296 valence electrons. The number of allylic oxidation sites excluding steroid dienone is 2. The van der Waals surface area contributed by atoms with Gasteiger partial charge in [-0.15, -0.1) is 0 Å². The first-order valence-corrected chi connectivity index (χ1v) is 19.8. The van der Waals surface area contributed by atoms with Gasteiger partial charge in [-0.05, 0) is 87.7 Å². The van der Waals surface area contributed by atoms with Gasteiger partial charge in [0.05, 0.1) is 45.9 Å². The Bertz CT molecular complexity index is 2910. The van der Waals surface area contributed by atoms with Crippen molar-refractivity contribution in [2.45, 2.75) is 73.6 Å². The van der Waals surface area contributed by atoms with Crippen molar-refractivity contribution in [2.24, 2.45) is 5.73 Å². The largest absolute Gasteiger partial charge is 0.491 e. The number of nitrogens with two attached hydrogens (primary N) is 1. The van der Waals surface area contributed by atoms with Gasteiger partial charge in [-0.2, -0.15) is 10.2 Å². The lowest BCUT2D eigenvalue weighted by Crippen LogP contribution is -2.05. The summed E-state index contributed by atoms with van der Waals surface area (Å²) in [5.41, 5.74) is 17.4. The fourth-order valence-corrected chi connectivity index (χ4v) is 8.03. The predicted octanol–water partition coefficient (Wildman–Crippen LogP) is 7.79. The number of hydrogen-bond donors (Lipinski definition) is 2. The van der Waals surface area contributed by atoms with Crippen molar-refractivity contribution in [3.05, 3.63) is 102 Å². The minimum Gasteiger partial charge on any atom is -0.491 e. The quantitative estimate of drug-likeness (QED) is 0.0603. The van der Waals surface area contributed by atoms with Crippen molar-refractivity contribution in [3.63, 3.8) is 0 Å². The lowest BCUT2D eigenvalue weighted by molar-refractivity contribution is 0.112. The zero-order valence-electron chi connectivity index (χ0n) is 33.7. The molecule has 0 aliphatic heterocycles. The topological polar surface area (TPSA) is 157 Å². The number of aryl methyl sites for hydroxylation is 5. The van der Waals surface area contributed by atoms with Crippen LogP contribution in [0.25, 0.3) is 72.3 Å². The average molecular weight is 777 g/mol. The van der Waals surface area contributed by atoms with Crippen LogP contribution in [0.15, 0.2) is 73.6 Å². The van der Waals surface area contributed by atoms with Gasteiger partial charge in [0.25, 0.3) is 0 Å². The zero-order valence-corrected chi connectivity index (χ0v) is 33.7. The molecule has 0 spiro atoms. The van der Waals surface area contributed by atoms with E-state index in [0.29, 0.717) is 62.0 Å². The Hall–Kier alpha value is -6.60. The number of aldehydes is 1. The number of carbonyl (C=O) groups is 1. The number of aliphatic hydroxyl groups is 1. The van der Waals surface area contributed by atoms with Crippen molar-refractivity contribution >= 4 is 55.7 Å². The molecule has 13 nitrogen and oxygen atoms in total. The van der Waals surface area contributed by atoms with E-state index in [0.717, 1.165) is 96.0 Å². The Balaban J connectivity index is 1.27. The van der Waals surface area contributed by atoms with Crippen LogP contribution in [-0.4, -0.2) is 68.3 Å². The van der Waals surface area contributed by atoms with E-state index in [2.05, 4.69) is 77.0 Å². The number of carbonyl (C=O) groups excluding carboxylic acids is 1. The van der Waals surface area contributed by atoms with Gasteiger partial charge in [0.2, 0.25) is 0 Å². The molecular formula is C45H48N10O3. The number of benzene rings is 2. The van der Waals surface area contributed by atoms with E-state index in [-0.39, 0.29) is 6.61 Å². The summed E-state index contributed by atoms with van der Waals surface area (Å²) >= 11 is 0. The van der Waals surface area contributed by atoms with Gasteiger partial charge in [-0.1, -0.05) is 25.7 Å². The number of aromatic nitrogens is 9. The van der Waals surface area contributed by atoms with E-state index in [1.165, 1.54) is 0 Å². The van der Waals surface area contributed by atoms with Crippen LogP contribution in [0.3, 0.4) is 0 Å². The van der Waals surface area contributed by atoms with Gasteiger partial charge in [0, 0.05) is 84.4 Å². The summed E-state index contributed by atoms with van der Waals surface area (Å²) in [6.07, 6.45) is 10.2. The van der Waals surface area contributed by atoms with Crippen LogP contribution >= 0.6 is 0 Å². The normalized spacial score (nSPS) is 12.0. The Morgan fingerprint density at radius 2 is 1.52 bits per heavy atom. The van der Waals surface area contributed by atoms with Crippen molar-refractivity contribution in [3.8, 4) is 28.7 Å². The third-order valence-electron chi connectivity index (χ3n) is 10.7. The first-order chi connectivity index (χ1) is 28.2. The SMILES string of the molecule is C=C(N)c1cc(CC)c2c(c1)c1cnc(-c3cc(C)nn3CC)nc1n2C/C=C/Cn1c2cc(-c3cc(C)nn3CC)ncc2c2cc(C=O)cc(OCCCO)c21. The number of aliphatic hydroxyl groups excluding tert-OH is 1. The van der Waals surface area contributed by atoms with Crippen LogP contribution in [0.4, 0.5) is 0 Å². The molecule has 6 heterocycles. The number of rotatable bonds is 15. The van der Waals surface area contributed by atoms with Gasteiger partial charge in [0.15, 0.2) is 5.82 Å². The van der Waals surface area contributed by atoms with Gasteiger partial charge in [0.1, 0.15) is 23.4 Å².